The van der Waals surface area contributed by atoms with E-state index in [1.165, 1.54) is 6.08 Å². The number of rotatable bonds is 7. The third-order valence-corrected chi connectivity index (χ3v) is 3.71. The average molecular weight is 325 g/mol. The van der Waals surface area contributed by atoms with Crippen LogP contribution < -0.4 is 10.1 Å². The van der Waals surface area contributed by atoms with E-state index in [-0.39, 0.29) is 11.9 Å². The molecule has 0 spiro atoms. The monoisotopic (exact) mass is 325 g/mol. The van der Waals surface area contributed by atoms with Crippen LogP contribution in [0.1, 0.15) is 17.2 Å². The van der Waals surface area contributed by atoms with Gasteiger partial charge in [0.05, 0.1) is 13.2 Å². The molecule has 0 bridgehead atoms. The third kappa shape index (κ3) is 5.21. The molecule has 1 atom stereocenters. The Kier molecular flexibility index (Phi) is 6.51. The third-order valence-electron chi connectivity index (χ3n) is 3.71. The zero-order chi connectivity index (χ0) is 17.4. The Hall–Kier alpha value is -2.66. The van der Waals surface area contributed by atoms with Gasteiger partial charge in [-0.25, -0.2) is 0 Å². The number of aromatic nitrogens is 1. The molecule has 0 saturated carbocycles. The number of nitrogens with zero attached hydrogens (tertiary/aromatic N) is 2. The van der Waals surface area contributed by atoms with E-state index in [2.05, 4.69) is 15.2 Å². The number of pyridine rings is 1. The summed E-state index contributed by atoms with van der Waals surface area (Å²) in [6.07, 6.45) is 6.69. The van der Waals surface area contributed by atoms with Gasteiger partial charge in [0.25, 0.3) is 0 Å². The summed E-state index contributed by atoms with van der Waals surface area (Å²) in [6.45, 7) is 0.523. The highest BCUT2D eigenvalue weighted by atomic mass is 16.5. The van der Waals surface area contributed by atoms with Crippen molar-refractivity contribution in [2.24, 2.45) is 0 Å². The molecule has 1 N–H and O–H groups in total. The lowest BCUT2D eigenvalue weighted by Crippen LogP contribution is -2.33. The van der Waals surface area contributed by atoms with Crippen molar-refractivity contribution < 1.29 is 9.53 Å². The number of carbonyl (C=O) groups excluding carboxylic acids is 1. The second-order valence-corrected chi connectivity index (χ2v) is 5.62. The van der Waals surface area contributed by atoms with E-state index in [1.54, 1.807) is 25.6 Å². The average Bonchev–Trinajstić information content (AvgIpc) is 2.61. The Morgan fingerprint density at radius 3 is 2.62 bits per heavy atom. The van der Waals surface area contributed by atoms with Crippen LogP contribution >= 0.6 is 0 Å². The molecular weight excluding hydrogens is 302 g/mol. The first-order valence-corrected chi connectivity index (χ1v) is 7.76. The van der Waals surface area contributed by atoms with E-state index < -0.39 is 0 Å². The van der Waals surface area contributed by atoms with E-state index in [0.717, 1.165) is 16.9 Å². The molecule has 0 aliphatic heterocycles. The maximum absolute atomic E-state index is 12.0. The van der Waals surface area contributed by atoms with Gasteiger partial charge in [-0.15, -0.1) is 0 Å². The van der Waals surface area contributed by atoms with Crippen molar-refractivity contribution in [3.05, 3.63) is 66.0 Å². The van der Waals surface area contributed by atoms with Gasteiger partial charge in [-0.05, 0) is 49.5 Å². The Morgan fingerprint density at radius 2 is 2.04 bits per heavy atom. The quantitative estimate of drug-likeness (QED) is 0.795. The summed E-state index contributed by atoms with van der Waals surface area (Å²) in [7, 11) is 5.63. The lowest BCUT2D eigenvalue weighted by Gasteiger charge is -2.25. The molecule has 0 fully saturated rings. The van der Waals surface area contributed by atoms with Gasteiger partial charge in [-0.3, -0.25) is 9.78 Å². The van der Waals surface area contributed by atoms with Gasteiger partial charge in [0.15, 0.2) is 0 Å². The summed E-state index contributed by atoms with van der Waals surface area (Å²) >= 11 is 0. The van der Waals surface area contributed by atoms with Crippen LogP contribution in [0.25, 0.3) is 6.08 Å². The first kappa shape index (κ1) is 17.7. The van der Waals surface area contributed by atoms with Gasteiger partial charge in [0.1, 0.15) is 5.75 Å². The number of hydrogen-bond donors (Lipinski definition) is 1. The van der Waals surface area contributed by atoms with Crippen LogP contribution in [0.2, 0.25) is 0 Å². The van der Waals surface area contributed by atoms with Crippen molar-refractivity contribution in [3.8, 4) is 5.75 Å². The number of hydrogen-bond acceptors (Lipinski definition) is 4. The first-order valence-electron chi connectivity index (χ1n) is 7.76. The maximum atomic E-state index is 12.0. The lowest BCUT2D eigenvalue weighted by atomic mass is 10.1. The number of nitrogens with one attached hydrogen (secondary N) is 1. The van der Waals surface area contributed by atoms with Crippen LogP contribution in [0.5, 0.6) is 5.75 Å². The number of likely N-dealkylation sites (N-methyl/N-ethyl adjacent to an activating group) is 1. The fourth-order valence-corrected chi connectivity index (χ4v) is 2.33. The standard InChI is InChI=1S/C19H23N3O2/c1-22(2)18(16-7-9-17(24-3)10-8-16)14-21-19(23)11-6-15-5-4-12-20-13-15/h4-13,18H,14H2,1-3H3,(H,21,23)/b11-6+. The summed E-state index contributed by atoms with van der Waals surface area (Å²) in [4.78, 5) is 18.1. The molecule has 0 radical (unpaired) electrons. The van der Waals surface area contributed by atoms with Crippen LogP contribution in [0.3, 0.4) is 0 Å². The molecule has 126 valence electrons. The van der Waals surface area contributed by atoms with E-state index in [4.69, 9.17) is 4.74 Å². The van der Waals surface area contributed by atoms with Gasteiger partial charge >= 0.3 is 0 Å². The predicted octanol–water partition coefficient (Wildman–Crippen LogP) is 2.52. The van der Waals surface area contributed by atoms with Gasteiger partial charge in [-0.1, -0.05) is 18.2 Å². The molecule has 1 aromatic carbocycles. The summed E-state index contributed by atoms with van der Waals surface area (Å²) in [5.74, 6) is 0.693. The highest BCUT2D eigenvalue weighted by molar-refractivity contribution is 5.91. The molecule has 24 heavy (non-hydrogen) atoms. The normalized spacial score (nSPS) is 12.3. The summed E-state index contributed by atoms with van der Waals surface area (Å²) < 4.78 is 5.18. The number of amides is 1. The Labute approximate surface area is 143 Å². The largest absolute Gasteiger partial charge is 0.497 e. The molecular formula is C19H23N3O2. The molecule has 1 heterocycles. The van der Waals surface area contributed by atoms with E-state index >= 15 is 0 Å². The highest BCUT2D eigenvalue weighted by Gasteiger charge is 2.14. The molecule has 1 unspecified atom stereocenters. The maximum Gasteiger partial charge on any atom is 0.244 e. The van der Waals surface area contributed by atoms with Crippen molar-refractivity contribution >= 4 is 12.0 Å². The van der Waals surface area contributed by atoms with Gasteiger partial charge in [0, 0.05) is 25.0 Å². The summed E-state index contributed by atoms with van der Waals surface area (Å²) in [5.41, 5.74) is 2.02. The first-order chi connectivity index (χ1) is 11.6. The molecule has 0 aliphatic carbocycles. The minimum atomic E-state index is -0.126. The lowest BCUT2D eigenvalue weighted by molar-refractivity contribution is -0.116. The van der Waals surface area contributed by atoms with Crippen molar-refractivity contribution in [1.29, 1.82) is 0 Å². The zero-order valence-electron chi connectivity index (χ0n) is 14.3. The van der Waals surface area contributed by atoms with E-state index in [9.17, 15) is 4.79 Å². The number of carbonyl (C=O) groups is 1. The molecule has 2 aromatic rings. The highest BCUT2D eigenvalue weighted by Crippen LogP contribution is 2.20. The Bertz CT molecular complexity index is 667. The minimum Gasteiger partial charge on any atom is -0.497 e. The SMILES string of the molecule is COc1ccc(C(CNC(=O)/C=C/c2cccnc2)N(C)C)cc1. The van der Waals surface area contributed by atoms with Crippen molar-refractivity contribution in [3.63, 3.8) is 0 Å². The zero-order valence-corrected chi connectivity index (χ0v) is 14.3. The second kappa shape index (κ2) is 8.84. The summed E-state index contributed by atoms with van der Waals surface area (Å²) in [6, 6.07) is 11.7. The molecule has 0 saturated heterocycles. The van der Waals surface area contributed by atoms with Crippen molar-refractivity contribution in [1.82, 2.24) is 15.2 Å². The van der Waals surface area contributed by atoms with Crippen LogP contribution in [-0.4, -0.2) is 43.5 Å². The minimum absolute atomic E-state index is 0.0895. The Balaban J connectivity index is 1.95. The van der Waals surface area contributed by atoms with Crippen molar-refractivity contribution in [2.45, 2.75) is 6.04 Å². The van der Waals surface area contributed by atoms with Crippen LogP contribution in [0, 0.1) is 0 Å². The van der Waals surface area contributed by atoms with Crippen LogP contribution in [-0.2, 0) is 4.79 Å². The number of benzene rings is 1. The topological polar surface area (TPSA) is 54.5 Å². The molecule has 2 rings (SSSR count). The predicted molar refractivity (Wildman–Crippen MR) is 95.7 cm³/mol. The molecule has 1 aromatic heterocycles. The van der Waals surface area contributed by atoms with Gasteiger partial charge < -0.3 is 15.0 Å². The molecule has 0 aliphatic rings. The molecule has 1 amide bonds. The van der Waals surface area contributed by atoms with E-state index in [0.29, 0.717) is 6.54 Å². The fourth-order valence-electron chi connectivity index (χ4n) is 2.33. The second-order valence-electron chi connectivity index (χ2n) is 5.62. The number of ether oxygens (including phenoxy) is 1. The fraction of sp³-hybridized carbons (Fsp3) is 0.263. The summed E-state index contributed by atoms with van der Waals surface area (Å²) in [5, 5.41) is 2.94. The van der Waals surface area contributed by atoms with E-state index in [1.807, 2.05) is 50.5 Å². The Morgan fingerprint density at radius 1 is 1.29 bits per heavy atom. The number of methoxy groups -OCH3 is 1. The van der Waals surface area contributed by atoms with Crippen molar-refractivity contribution in [2.75, 3.05) is 27.7 Å². The smallest absolute Gasteiger partial charge is 0.244 e. The van der Waals surface area contributed by atoms with Crippen LogP contribution in [0.4, 0.5) is 0 Å². The molecule has 5 heteroatoms. The van der Waals surface area contributed by atoms with Gasteiger partial charge in [0.2, 0.25) is 5.91 Å². The van der Waals surface area contributed by atoms with Crippen LogP contribution in [0.15, 0.2) is 54.9 Å². The van der Waals surface area contributed by atoms with Gasteiger partial charge in [-0.2, -0.15) is 0 Å². The molecule has 5 nitrogen and oxygen atoms in total.